The maximum atomic E-state index is 11.1. The minimum atomic E-state index is -0.676. The first kappa shape index (κ1) is 34.3. The monoisotopic (exact) mass is 657 g/mol. The molecule has 0 heterocycles. The van der Waals surface area contributed by atoms with E-state index < -0.39 is 9.85 Å². The second kappa shape index (κ2) is 24.4. The number of hydrogen-bond acceptors (Lipinski definition) is 11. The second-order valence-electron chi connectivity index (χ2n) is 7.92. The molecule has 0 spiro atoms. The van der Waals surface area contributed by atoms with Gasteiger partial charge in [0.1, 0.15) is 5.69 Å². The molecule has 0 saturated heterocycles. The number of halogens is 1. The second-order valence-corrected chi connectivity index (χ2v) is 9.00. The van der Waals surface area contributed by atoms with E-state index in [1.807, 2.05) is 0 Å². The van der Waals surface area contributed by atoms with Crippen LogP contribution in [-0.2, 0) is 28.4 Å². The van der Waals surface area contributed by atoms with Crippen LogP contribution in [0.15, 0.2) is 18.2 Å². The summed E-state index contributed by atoms with van der Waals surface area (Å²) < 4.78 is 33.9. The highest BCUT2D eigenvalue weighted by Gasteiger charge is 2.18. The van der Waals surface area contributed by atoms with Crippen molar-refractivity contribution in [2.45, 2.75) is 25.7 Å². The van der Waals surface area contributed by atoms with Gasteiger partial charge < -0.3 is 33.7 Å². The fourth-order valence-corrected chi connectivity index (χ4v) is 3.59. The number of benzene rings is 1. The number of hydrogen-bond donors (Lipinski definition) is 1. The van der Waals surface area contributed by atoms with E-state index in [2.05, 4.69) is 27.9 Å². The molecule has 1 aromatic rings. The third kappa shape index (κ3) is 18.5. The van der Waals surface area contributed by atoms with Crippen LogP contribution >= 0.6 is 22.6 Å². The van der Waals surface area contributed by atoms with Crippen molar-refractivity contribution in [2.75, 3.05) is 95.6 Å². The van der Waals surface area contributed by atoms with Gasteiger partial charge in [0.15, 0.2) is 0 Å². The van der Waals surface area contributed by atoms with E-state index in [-0.39, 0.29) is 17.1 Å². The summed E-state index contributed by atoms with van der Waals surface area (Å²) in [6, 6.07) is 3.45. The van der Waals surface area contributed by atoms with E-state index in [0.29, 0.717) is 79.2 Å². The number of nitro benzene ring substituents is 2. The van der Waals surface area contributed by atoms with Gasteiger partial charge in [-0.15, -0.1) is 0 Å². The first-order chi connectivity index (χ1) is 18.6. The van der Waals surface area contributed by atoms with Crippen molar-refractivity contribution in [1.29, 1.82) is 0 Å². The smallest absolute Gasteiger partial charge is 0.299 e. The summed E-state index contributed by atoms with van der Waals surface area (Å²) in [5, 5.41) is 24.7. The third-order valence-electron chi connectivity index (χ3n) is 4.98. The number of alkyl halides is 1. The number of nitrogens with zero attached hydrogens (tertiary/aromatic N) is 2. The summed E-state index contributed by atoms with van der Waals surface area (Å²) in [4.78, 5) is 20.5. The Morgan fingerprint density at radius 2 is 1.11 bits per heavy atom. The largest absolute Gasteiger partial charge is 0.379 e. The molecule has 0 aliphatic heterocycles. The molecule has 218 valence electrons. The van der Waals surface area contributed by atoms with Crippen molar-refractivity contribution in [3.05, 3.63) is 38.4 Å². The molecule has 0 atom stereocenters. The van der Waals surface area contributed by atoms with Crippen molar-refractivity contribution in [2.24, 2.45) is 0 Å². The third-order valence-corrected chi connectivity index (χ3v) is 5.75. The molecule has 1 aromatic carbocycles. The molecular weight excluding hydrogens is 617 g/mol. The standard InChI is InChI=1S/C24H40IN3O10/c25-7-3-1-2-4-9-33-11-13-35-15-17-37-19-20-38-18-16-36-14-12-34-10-8-26-23-6-5-22(27(29)30)21-24(23)28(31)32/h5-6,21,26H,1-4,7-20H2. The molecule has 13 nitrogen and oxygen atoms in total. The van der Waals surface area contributed by atoms with Crippen LogP contribution in [0.1, 0.15) is 25.7 Å². The van der Waals surface area contributed by atoms with Crippen LogP contribution in [0.2, 0.25) is 0 Å². The van der Waals surface area contributed by atoms with Gasteiger partial charge in [0.05, 0.1) is 88.6 Å². The molecule has 0 radical (unpaired) electrons. The van der Waals surface area contributed by atoms with Crippen LogP contribution in [0, 0.1) is 20.2 Å². The predicted molar refractivity (Wildman–Crippen MR) is 151 cm³/mol. The van der Waals surface area contributed by atoms with Gasteiger partial charge in [0, 0.05) is 19.2 Å². The Bertz CT molecular complexity index is 760. The Morgan fingerprint density at radius 1 is 0.632 bits per heavy atom. The Labute approximate surface area is 237 Å². The van der Waals surface area contributed by atoms with Crippen molar-refractivity contribution in [3.8, 4) is 0 Å². The normalized spacial score (nSPS) is 11.1. The van der Waals surface area contributed by atoms with Crippen LogP contribution < -0.4 is 5.32 Å². The van der Waals surface area contributed by atoms with Crippen LogP contribution in [-0.4, -0.2) is 100 Å². The highest BCUT2D eigenvalue weighted by molar-refractivity contribution is 14.1. The predicted octanol–water partition coefficient (Wildman–Crippen LogP) is 4.01. The number of rotatable bonds is 27. The zero-order chi connectivity index (χ0) is 27.7. The van der Waals surface area contributed by atoms with Crippen molar-refractivity contribution >= 4 is 39.7 Å². The Morgan fingerprint density at radius 3 is 1.58 bits per heavy atom. The lowest BCUT2D eigenvalue weighted by molar-refractivity contribution is -0.393. The number of nitro groups is 2. The van der Waals surface area contributed by atoms with Gasteiger partial charge in [-0.2, -0.15) is 0 Å². The van der Waals surface area contributed by atoms with Crippen molar-refractivity contribution in [1.82, 2.24) is 0 Å². The molecule has 0 fully saturated rings. The molecule has 0 saturated carbocycles. The Balaban J connectivity index is 1.83. The van der Waals surface area contributed by atoms with Crippen molar-refractivity contribution in [3.63, 3.8) is 0 Å². The van der Waals surface area contributed by atoms with Gasteiger partial charge in [-0.3, -0.25) is 20.2 Å². The van der Waals surface area contributed by atoms with Gasteiger partial charge in [-0.1, -0.05) is 35.4 Å². The van der Waals surface area contributed by atoms with Crippen LogP contribution in [0.5, 0.6) is 0 Å². The lowest BCUT2D eigenvalue weighted by Gasteiger charge is -2.09. The summed E-state index contributed by atoms with van der Waals surface area (Å²) in [5.41, 5.74) is -0.496. The number of ether oxygens (including phenoxy) is 6. The van der Waals surface area contributed by atoms with Crippen molar-refractivity contribution < 1.29 is 38.3 Å². The van der Waals surface area contributed by atoms with Crippen LogP contribution in [0.4, 0.5) is 17.1 Å². The summed E-state index contributed by atoms with van der Waals surface area (Å²) >= 11 is 2.40. The van der Waals surface area contributed by atoms with Crippen LogP contribution in [0.3, 0.4) is 0 Å². The number of nitrogens with one attached hydrogen (secondary N) is 1. The van der Waals surface area contributed by atoms with E-state index in [9.17, 15) is 20.2 Å². The highest BCUT2D eigenvalue weighted by Crippen LogP contribution is 2.28. The molecule has 0 aliphatic carbocycles. The molecule has 1 rings (SSSR count). The lowest BCUT2D eigenvalue weighted by Crippen LogP contribution is -2.15. The van der Waals surface area contributed by atoms with E-state index in [0.717, 1.165) is 19.1 Å². The summed E-state index contributed by atoms with van der Waals surface area (Å²) in [7, 11) is 0. The van der Waals surface area contributed by atoms with Gasteiger partial charge in [-0.25, -0.2) is 0 Å². The summed E-state index contributed by atoms with van der Waals surface area (Å²) in [6.07, 6.45) is 4.90. The van der Waals surface area contributed by atoms with Gasteiger partial charge in [0.2, 0.25) is 0 Å². The topological polar surface area (TPSA) is 154 Å². The van der Waals surface area contributed by atoms with E-state index in [1.165, 1.54) is 35.8 Å². The first-order valence-corrected chi connectivity index (χ1v) is 14.3. The molecule has 0 aliphatic rings. The van der Waals surface area contributed by atoms with E-state index >= 15 is 0 Å². The van der Waals surface area contributed by atoms with Gasteiger partial charge in [0.25, 0.3) is 11.4 Å². The average Bonchev–Trinajstić information content (AvgIpc) is 2.91. The fraction of sp³-hybridized carbons (Fsp3) is 0.750. The maximum absolute atomic E-state index is 11.1. The number of anilines is 1. The number of unbranched alkanes of at least 4 members (excludes halogenated alkanes) is 3. The molecule has 38 heavy (non-hydrogen) atoms. The summed E-state index contributed by atoms with van der Waals surface area (Å²) in [6.45, 7) is 6.21. The first-order valence-electron chi connectivity index (χ1n) is 12.8. The van der Waals surface area contributed by atoms with Gasteiger partial charge in [-0.05, 0) is 23.3 Å². The highest BCUT2D eigenvalue weighted by atomic mass is 127. The SMILES string of the molecule is O=[N+]([O-])c1ccc(NCCOCCOCCOCCOCCOCCOCCCCCCI)c([N+](=O)[O-])c1. The quantitative estimate of drug-likeness (QED) is 0.0480. The Hall–Kier alpha value is -1.69. The molecule has 0 unspecified atom stereocenters. The zero-order valence-corrected chi connectivity index (χ0v) is 24.0. The Kier molecular flexibility index (Phi) is 22.0. The molecule has 14 heteroatoms. The van der Waals surface area contributed by atoms with E-state index in [1.54, 1.807) is 0 Å². The molecule has 0 aromatic heterocycles. The molecule has 0 bridgehead atoms. The average molecular weight is 657 g/mol. The zero-order valence-electron chi connectivity index (χ0n) is 21.8. The minimum absolute atomic E-state index is 0.197. The van der Waals surface area contributed by atoms with E-state index in [4.69, 9.17) is 28.4 Å². The molecular formula is C24H40IN3O10. The maximum Gasteiger partial charge on any atom is 0.299 e. The minimum Gasteiger partial charge on any atom is -0.379 e. The molecule has 0 amide bonds. The molecule has 1 N–H and O–H groups in total. The lowest BCUT2D eigenvalue weighted by atomic mass is 10.2. The summed E-state index contributed by atoms with van der Waals surface area (Å²) in [5.74, 6) is 0. The number of non-ortho nitro benzene ring substituents is 1. The fourth-order valence-electron chi connectivity index (χ4n) is 3.05. The van der Waals surface area contributed by atoms with Crippen LogP contribution in [0.25, 0.3) is 0 Å². The van der Waals surface area contributed by atoms with Gasteiger partial charge >= 0.3 is 0 Å².